The Hall–Kier alpha value is -3.68. The fourth-order valence-electron chi connectivity index (χ4n) is 3.47. The molecular weight excluding hydrogens is 385 g/mol. The van der Waals surface area contributed by atoms with Crippen LogP contribution in [-0.4, -0.2) is 27.8 Å². The third-order valence-corrected chi connectivity index (χ3v) is 5.02. The van der Waals surface area contributed by atoms with Gasteiger partial charge >= 0.3 is 6.03 Å². The largest absolute Gasteiger partial charge is 0.348 e. The highest BCUT2D eigenvalue weighted by Crippen LogP contribution is 2.19. The number of hydrogen-bond donors (Lipinski definition) is 3. The Morgan fingerprint density at radius 2 is 1.70 bits per heavy atom. The maximum absolute atomic E-state index is 12.9. The lowest BCUT2D eigenvalue weighted by molar-refractivity contribution is 0.0950. The summed E-state index contributed by atoms with van der Waals surface area (Å²) < 4.78 is 14.7. The van der Waals surface area contributed by atoms with Crippen LogP contribution in [0, 0.1) is 5.82 Å². The van der Waals surface area contributed by atoms with Crippen LogP contribution in [0.3, 0.4) is 0 Å². The molecule has 1 aliphatic rings. The van der Waals surface area contributed by atoms with Crippen LogP contribution in [0.2, 0.25) is 0 Å². The SMILES string of the molecule is O=C(NCc1ccc(F)cc1)N[C@H]1Cc2c(C(=O)NCc3ccccc3)cnn2C1. The minimum atomic E-state index is -0.315. The predicted molar refractivity (Wildman–Crippen MR) is 109 cm³/mol. The smallest absolute Gasteiger partial charge is 0.315 e. The van der Waals surface area contributed by atoms with Crippen molar-refractivity contribution in [1.82, 2.24) is 25.7 Å². The molecule has 0 saturated carbocycles. The molecule has 30 heavy (non-hydrogen) atoms. The zero-order valence-electron chi connectivity index (χ0n) is 16.3. The zero-order valence-corrected chi connectivity index (χ0v) is 16.3. The van der Waals surface area contributed by atoms with Crippen LogP contribution in [0.15, 0.2) is 60.8 Å². The van der Waals surface area contributed by atoms with Gasteiger partial charge in [0.25, 0.3) is 5.91 Å². The molecule has 0 bridgehead atoms. The molecule has 0 aliphatic carbocycles. The highest BCUT2D eigenvalue weighted by atomic mass is 19.1. The topological polar surface area (TPSA) is 88.1 Å². The summed E-state index contributed by atoms with van der Waals surface area (Å²) >= 11 is 0. The first-order valence-electron chi connectivity index (χ1n) is 9.74. The van der Waals surface area contributed by atoms with E-state index in [0.717, 1.165) is 16.8 Å². The van der Waals surface area contributed by atoms with Crippen LogP contribution in [-0.2, 0) is 26.1 Å². The Kier molecular flexibility index (Phi) is 5.74. The molecule has 0 spiro atoms. The molecule has 0 saturated heterocycles. The predicted octanol–water partition coefficient (Wildman–Crippen LogP) is 2.38. The van der Waals surface area contributed by atoms with E-state index in [1.54, 1.807) is 23.0 Å². The van der Waals surface area contributed by atoms with Gasteiger partial charge in [-0.2, -0.15) is 5.10 Å². The van der Waals surface area contributed by atoms with Gasteiger partial charge in [-0.15, -0.1) is 0 Å². The molecule has 1 aliphatic heterocycles. The van der Waals surface area contributed by atoms with E-state index in [4.69, 9.17) is 0 Å². The summed E-state index contributed by atoms with van der Waals surface area (Å²) in [5.41, 5.74) is 3.17. The van der Waals surface area contributed by atoms with Gasteiger partial charge in [0.2, 0.25) is 0 Å². The Balaban J connectivity index is 1.28. The molecule has 4 rings (SSSR count). The van der Waals surface area contributed by atoms with Crippen LogP contribution in [0.5, 0.6) is 0 Å². The number of nitrogens with one attached hydrogen (secondary N) is 3. The highest BCUT2D eigenvalue weighted by Gasteiger charge is 2.28. The lowest BCUT2D eigenvalue weighted by Crippen LogP contribution is -2.42. The van der Waals surface area contributed by atoms with Gasteiger partial charge in [0, 0.05) is 19.5 Å². The lowest BCUT2D eigenvalue weighted by atomic mass is 10.1. The van der Waals surface area contributed by atoms with E-state index in [1.807, 2.05) is 30.3 Å². The number of benzene rings is 2. The Bertz CT molecular complexity index is 1030. The molecular formula is C22H22FN5O2. The summed E-state index contributed by atoms with van der Waals surface area (Å²) in [6.45, 7) is 1.25. The summed E-state index contributed by atoms with van der Waals surface area (Å²) in [6, 6.07) is 15.2. The normalized spacial score (nSPS) is 14.8. The van der Waals surface area contributed by atoms with Crippen molar-refractivity contribution in [3.05, 3.63) is 89.0 Å². The molecule has 1 atom stereocenters. The van der Waals surface area contributed by atoms with Crippen molar-refractivity contribution in [3.8, 4) is 0 Å². The molecule has 3 N–H and O–H groups in total. The third kappa shape index (κ3) is 4.65. The quantitative estimate of drug-likeness (QED) is 0.586. The maximum Gasteiger partial charge on any atom is 0.315 e. The van der Waals surface area contributed by atoms with Gasteiger partial charge in [0.1, 0.15) is 5.82 Å². The second kappa shape index (κ2) is 8.77. The van der Waals surface area contributed by atoms with Crippen LogP contribution in [0.25, 0.3) is 0 Å². The molecule has 2 aromatic carbocycles. The Morgan fingerprint density at radius 1 is 1.00 bits per heavy atom. The van der Waals surface area contributed by atoms with Gasteiger partial charge < -0.3 is 16.0 Å². The lowest BCUT2D eigenvalue weighted by Gasteiger charge is -2.13. The fraction of sp³-hybridized carbons (Fsp3) is 0.227. The summed E-state index contributed by atoms with van der Waals surface area (Å²) in [5.74, 6) is -0.492. The van der Waals surface area contributed by atoms with Crippen molar-refractivity contribution in [2.24, 2.45) is 0 Å². The monoisotopic (exact) mass is 407 g/mol. The second-order valence-electron chi connectivity index (χ2n) is 7.21. The van der Waals surface area contributed by atoms with Crippen LogP contribution in [0.1, 0.15) is 27.2 Å². The van der Waals surface area contributed by atoms with Crippen LogP contribution in [0.4, 0.5) is 9.18 Å². The molecule has 2 heterocycles. The van der Waals surface area contributed by atoms with E-state index in [-0.39, 0.29) is 23.8 Å². The van der Waals surface area contributed by atoms with Gasteiger partial charge in [0.05, 0.1) is 30.0 Å². The van der Waals surface area contributed by atoms with E-state index in [2.05, 4.69) is 21.0 Å². The highest BCUT2D eigenvalue weighted by molar-refractivity contribution is 5.95. The van der Waals surface area contributed by atoms with Gasteiger partial charge in [-0.3, -0.25) is 9.48 Å². The summed E-state index contributed by atoms with van der Waals surface area (Å²) in [4.78, 5) is 24.7. The fourth-order valence-corrected chi connectivity index (χ4v) is 3.47. The number of aromatic nitrogens is 2. The molecule has 8 heteroatoms. The first-order chi connectivity index (χ1) is 14.6. The van der Waals surface area contributed by atoms with E-state index in [1.165, 1.54) is 12.1 Å². The standard InChI is InChI=1S/C22H22FN5O2/c23-17-8-6-16(7-9-17)12-25-22(30)27-18-10-20-19(13-26-28(20)14-18)21(29)24-11-15-4-2-1-3-5-15/h1-9,13,18H,10-12,14H2,(H,24,29)(H2,25,27,30)/t18-/m0/s1. The van der Waals surface area contributed by atoms with Crippen molar-refractivity contribution in [1.29, 1.82) is 0 Å². The van der Waals surface area contributed by atoms with Crippen molar-refractivity contribution in [2.75, 3.05) is 0 Å². The van der Waals surface area contributed by atoms with E-state index >= 15 is 0 Å². The molecule has 0 fully saturated rings. The summed E-state index contributed by atoms with van der Waals surface area (Å²) in [7, 11) is 0. The molecule has 154 valence electrons. The maximum atomic E-state index is 12.9. The van der Waals surface area contributed by atoms with Crippen molar-refractivity contribution in [2.45, 2.75) is 32.1 Å². The number of nitrogens with zero attached hydrogens (tertiary/aromatic N) is 2. The Morgan fingerprint density at radius 3 is 2.47 bits per heavy atom. The minimum Gasteiger partial charge on any atom is -0.348 e. The second-order valence-corrected chi connectivity index (χ2v) is 7.21. The molecule has 1 aromatic heterocycles. The van der Waals surface area contributed by atoms with Gasteiger partial charge in [-0.25, -0.2) is 9.18 Å². The number of carbonyl (C=O) groups is 2. The van der Waals surface area contributed by atoms with Crippen LogP contribution >= 0.6 is 0 Å². The summed E-state index contributed by atoms with van der Waals surface area (Å²) in [5, 5.41) is 12.9. The molecule has 0 unspecified atom stereocenters. The first-order valence-corrected chi connectivity index (χ1v) is 9.74. The van der Waals surface area contributed by atoms with E-state index < -0.39 is 0 Å². The minimum absolute atomic E-state index is 0.150. The average molecular weight is 407 g/mol. The number of fused-ring (bicyclic) bond motifs is 1. The number of halogens is 1. The average Bonchev–Trinajstić information content (AvgIpc) is 3.32. The van der Waals surface area contributed by atoms with E-state index in [9.17, 15) is 14.0 Å². The zero-order chi connectivity index (χ0) is 20.9. The van der Waals surface area contributed by atoms with Crippen molar-refractivity contribution < 1.29 is 14.0 Å². The third-order valence-electron chi connectivity index (χ3n) is 5.02. The van der Waals surface area contributed by atoms with Crippen LogP contribution < -0.4 is 16.0 Å². The molecule has 0 radical (unpaired) electrons. The number of hydrogen-bond acceptors (Lipinski definition) is 3. The molecule has 3 aromatic rings. The van der Waals surface area contributed by atoms with Gasteiger partial charge in [0.15, 0.2) is 0 Å². The van der Waals surface area contributed by atoms with Crippen molar-refractivity contribution in [3.63, 3.8) is 0 Å². The number of carbonyl (C=O) groups excluding carboxylic acids is 2. The van der Waals surface area contributed by atoms with Crippen molar-refractivity contribution >= 4 is 11.9 Å². The van der Waals surface area contributed by atoms with E-state index in [0.29, 0.717) is 31.6 Å². The summed E-state index contributed by atoms with van der Waals surface area (Å²) in [6.07, 6.45) is 2.10. The number of amides is 3. The number of urea groups is 1. The van der Waals surface area contributed by atoms with Gasteiger partial charge in [-0.05, 0) is 23.3 Å². The van der Waals surface area contributed by atoms with Gasteiger partial charge in [-0.1, -0.05) is 42.5 Å². The molecule has 7 nitrogen and oxygen atoms in total. The molecule has 3 amide bonds. The first kappa shape index (κ1) is 19.6. The number of rotatable bonds is 6. The Labute approximate surface area is 173 Å².